The fourth-order valence-corrected chi connectivity index (χ4v) is 3.74. The predicted octanol–water partition coefficient (Wildman–Crippen LogP) is 4.48. The highest BCUT2D eigenvalue weighted by Crippen LogP contribution is 2.26. The van der Waals surface area contributed by atoms with Crippen molar-refractivity contribution in [1.82, 2.24) is 19.6 Å². The summed E-state index contributed by atoms with van der Waals surface area (Å²) in [5.41, 5.74) is 1.71. The highest BCUT2D eigenvalue weighted by Gasteiger charge is 2.15. The third kappa shape index (κ3) is 4.86. The minimum atomic E-state index is -0.516. The number of nitrogens with zero attached hydrogens (tertiary/aromatic N) is 5. The van der Waals surface area contributed by atoms with Gasteiger partial charge in [0, 0.05) is 18.5 Å². The standard InChI is InChI=1S/C25H20N6O4/c32-25(22-12-13-29(28-22)17-35-24-11-4-3-10-23(24)31(33)34)27-20-14-26-30(16-20)15-19-8-5-7-18-6-1-2-9-21(18)19/h1-14,16H,15,17H2,(H,27,32). The molecule has 2 aromatic heterocycles. The Balaban J connectivity index is 1.22. The van der Waals surface area contributed by atoms with Crippen molar-refractivity contribution < 1.29 is 14.5 Å². The highest BCUT2D eigenvalue weighted by molar-refractivity contribution is 6.02. The van der Waals surface area contributed by atoms with Crippen LogP contribution in [0.4, 0.5) is 11.4 Å². The van der Waals surface area contributed by atoms with E-state index >= 15 is 0 Å². The van der Waals surface area contributed by atoms with E-state index in [2.05, 4.69) is 39.8 Å². The lowest BCUT2D eigenvalue weighted by atomic mass is 10.0. The Morgan fingerprint density at radius 3 is 2.69 bits per heavy atom. The summed E-state index contributed by atoms with van der Waals surface area (Å²) < 4.78 is 8.65. The zero-order valence-electron chi connectivity index (χ0n) is 18.4. The third-order valence-electron chi connectivity index (χ3n) is 5.39. The second kappa shape index (κ2) is 9.48. The number of anilines is 1. The predicted molar refractivity (Wildman–Crippen MR) is 129 cm³/mol. The number of aromatic nitrogens is 4. The van der Waals surface area contributed by atoms with Gasteiger partial charge >= 0.3 is 5.69 Å². The van der Waals surface area contributed by atoms with Gasteiger partial charge in [0.25, 0.3) is 5.91 Å². The number of para-hydroxylation sites is 2. The maximum atomic E-state index is 12.6. The summed E-state index contributed by atoms with van der Waals surface area (Å²) in [5, 5.41) is 24.8. The first-order valence-corrected chi connectivity index (χ1v) is 10.8. The summed E-state index contributed by atoms with van der Waals surface area (Å²) >= 11 is 0. The lowest BCUT2D eigenvalue weighted by Crippen LogP contribution is -2.14. The Morgan fingerprint density at radius 2 is 1.80 bits per heavy atom. The second-order valence-corrected chi connectivity index (χ2v) is 7.76. The minimum absolute atomic E-state index is 0.0822. The highest BCUT2D eigenvalue weighted by atomic mass is 16.6. The Morgan fingerprint density at radius 1 is 1.00 bits per heavy atom. The number of benzene rings is 3. The number of rotatable bonds is 8. The molecule has 1 amide bonds. The summed E-state index contributed by atoms with van der Waals surface area (Å²) in [6.45, 7) is 0.482. The molecular formula is C25H20N6O4. The molecule has 10 nitrogen and oxygen atoms in total. The molecule has 10 heteroatoms. The Hall–Kier alpha value is -4.99. The summed E-state index contributed by atoms with van der Waals surface area (Å²) in [6, 6.07) is 21.9. The van der Waals surface area contributed by atoms with E-state index in [0.29, 0.717) is 12.2 Å². The zero-order chi connectivity index (χ0) is 24.2. The van der Waals surface area contributed by atoms with E-state index in [1.807, 2.05) is 18.2 Å². The van der Waals surface area contributed by atoms with Crippen molar-refractivity contribution in [1.29, 1.82) is 0 Å². The van der Waals surface area contributed by atoms with E-state index in [-0.39, 0.29) is 23.9 Å². The molecule has 0 radical (unpaired) electrons. The monoisotopic (exact) mass is 468 g/mol. The number of carbonyl (C=O) groups excluding carboxylic acids is 1. The van der Waals surface area contributed by atoms with Crippen molar-refractivity contribution in [2.75, 3.05) is 5.32 Å². The average Bonchev–Trinajstić information content (AvgIpc) is 3.53. The number of hydrogen-bond donors (Lipinski definition) is 1. The second-order valence-electron chi connectivity index (χ2n) is 7.76. The average molecular weight is 468 g/mol. The van der Waals surface area contributed by atoms with Gasteiger partial charge < -0.3 is 10.1 Å². The first-order valence-electron chi connectivity index (χ1n) is 10.8. The summed E-state index contributed by atoms with van der Waals surface area (Å²) in [4.78, 5) is 23.2. The number of fused-ring (bicyclic) bond motifs is 1. The van der Waals surface area contributed by atoms with Gasteiger partial charge in [0.2, 0.25) is 0 Å². The van der Waals surface area contributed by atoms with Gasteiger partial charge in [0.1, 0.15) is 0 Å². The van der Waals surface area contributed by atoms with Crippen molar-refractivity contribution in [3.05, 3.63) is 113 Å². The van der Waals surface area contributed by atoms with Gasteiger partial charge in [-0.3, -0.25) is 19.6 Å². The molecule has 0 atom stereocenters. The number of ether oxygens (including phenoxy) is 1. The SMILES string of the molecule is O=C(Nc1cnn(Cc2cccc3ccccc23)c1)c1ccn(COc2ccccc2[N+](=O)[O-])n1. The van der Waals surface area contributed by atoms with Crippen LogP contribution in [-0.2, 0) is 13.3 Å². The smallest absolute Gasteiger partial charge is 0.311 e. The first kappa shape index (κ1) is 21.8. The van der Waals surface area contributed by atoms with Gasteiger partial charge in [0.15, 0.2) is 18.2 Å². The zero-order valence-corrected chi connectivity index (χ0v) is 18.4. The van der Waals surface area contributed by atoms with Gasteiger partial charge in [-0.15, -0.1) is 0 Å². The molecule has 0 saturated carbocycles. The lowest BCUT2D eigenvalue weighted by Gasteiger charge is -2.07. The van der Waals surface area contributed by atoms with Gasteiger partial charge in [-0.2, -0.15) is 10.2 Å². The third-order valence-corrected chi connectivity index (χ3v) is 5.39. The Kier molecular flexibility index (Phi) is 5.91. The number of hydrogen-bond acceptors (Lipinski definition) is 6. The van der Waals surface area contributed by atoms with E-state index in [9.17, 15) is 14.9 Å². The molecule has 0 aliphatic heterocycles. The quantitative estimate of drug-likeness (QED) is 0.265. The van der Waals surface area contributed by atoms with E-state index in [1.54, 1.807) is 41.5 Å². The largest absolute Gasteiger partial charge is 0.464 e. The van der Waals surface area contributed by atoms with Crippen LogP contribution in [0, 0.1) is 10.1 Å². The first-order chi connectivity index (χ1) is 17.1. The van der Waals surface area contributed by atoms with Gasteiger partial charge in [-0.1, -0.05) is 54.6 Å². The maximum Gasteiger partial charge on any atom is 0.311 e. The molecule has 0 aliphatic carbocycles. The minimum Gasteiger partial charge on any atom is -0.464 e. The molecule has 3 aromatic carbocycles. The van der Waals surface area contributed by atoms with Crippen molar-refractivity contribution >= 4 is 28.1 Å². The van der Waals surface area contributed by atoms with Crippen molar-refractivity contribution in [3.8, 4) is 5.75 Å². The molecule has 0 saturated heterocycles. The van der Waals surface area contributed by atoms with E-state index < -0.39 is 10.8 Å². The molecule has 35 heavy (non-hydrogen) atoms. The fraction of sp³-hybridized carbons (Fsp3) is 0.0800. The number of amides is 1. The molecule has 2 heterocycles. The fourth-order valence-electron chi connectivity index (χ4n) is 3.74. The van der Waals surface area contributed by atoms with Crippen LogP contribution in [-0.4, -0.2) is 30.4 Å². The number of carbonyl (C=O) groups is 1. The molecule has 0 unspecified atom stereocenters. The van der Waals surface area contributed by atoms with Crippen molar-refractivity contribution in [2.24, 2.45) is 0 Å². The van der Waals surface area contributed by atoms with Crippen LogP contribution in [0.2, 0.25) is 0 Å². The molecule has 0 fully saturated rings. The number of nitrogens with one attached hydrogen (secondary N) is 1. The molecule has 1 N–H and O–H groups in total. The van der Waals surface area contributed by atoms with Crippen molar-refractivity contribution in [3.63, 3.8) is 0 Å². The molecule has 174 valence electrons. The molecular weight excluding hydrogens is 448 g/mol. The van der Waals surface area contributed by atoms with E-state index in [0.717, 1.165) is 16.3 Å². The normalized spacial score (nSPS) is 10.9. The van der Waals surface area contributed by atoms with E-state index in [4.69, 9.17) is 4.74 Å². The summed E-state index contributed by atoms with van der Waals surface area (Å²) in [5.74, 6) is -0.281. The van der Waals surface area contributed by atoms with Gasteiger partial charge in [-0.25, -0.2) is 4.68 Å². The number of nitro benzene ring substituents is 1. The van der Waals surface area contributed by atoms with Crippen LogP contribution < -0.4 is 10.1 Å². The van der Waals surface area contributed by atoms with Gasteiger partial charge in [0.05, 0.1) is 23.4 Å². The lowest BCUT2D eigenvalue weighted by molar-refractivity contribution is -0.386. The molecule has 0 spiro atoms. The van der Waals surface area contributed by atoms with Gasteiger partial charge in [-0.05, 0) is 28.5 Å². The summed E-state index contributed by atoms with van der Waals surface area (Å²) in [7, 11) is 0. The van der Waals surface area contributed by atoms with Crippen LogP contribution >= 0.6 is 0 Å². The maximum absolute atomic E-state index is 12.6. The summed E-state index contributed by atoms with van der Waals surface area (Å²) in [6.07, 6.45) is 4.90. The molecule has 0 bridgehead atoms. The van der Waals surface area contributed by atoms with Crippen LogP contribution in [0.3, 0.4) is 0 Å². The van der Waals surface area contributed by atoms with E-state index in [1.165, 1.54) is 16.8 Å². The molecule has 0 aliphatic rings. The Bertz CT molecular complexity index is 1520. The molecule has 5 rings (SSSR count). The molecule has 5 aromatic rings. The Labute approximate surface area is 199 Å². The van der Waals surface area contributed by atoms with Crippen LogP contribution in [0.5, 0.6) is 5.75 Å². The van der Waals surface area contributed by atoms with Crippen LogP contribution in [0.25, 0.3) is 10.8 Å². The van der Waals surface area contributed by atoms with Crippen LogP contribution in [0.15, 0.2) is 91.4 Å². The number of nitro groups is 1. The topological polar surface area (TPSA) is 117 Å². The van der Waals surface area contributed by atoms with Crippen molar-refractivity contribution in [2.45, 2.75) is 13.3 Å². The van der Waals surface area contributed by atoms with Crippen LogP contribution in [0.1, 0.15) is 16.1 Å².